The molecule has 1 amide bonds. The Labute approximate surface area is 148 Å². The van der Waals surface area contributed by atoms with Gasteiger partial charge in [0, 0.05) is 5.56 Å². The van der Waals surface area contributed by atoms with Crippen LogP contribution in [0.3, 0.4) is 0 Å². The van der Waals surface area contributed by atoms with Gasteiger partial charge < -0.3 is 9.73 Å². The first kappa shape index (κ1) is 17.2. The van der Waals surface area contributed by atoms with Crippen molar-refractivity contribution in [1.29, 1.82) is 0 Å². The molecule has 1 N–H and O–H groups in total. The molecule has 0 aliphatic carbocycles. The van der Waals surface area contributed by atoms with Crippen molar-refractivity contribution in [2.24, 2.45) is 0 Å². The molecule has 1 heterocycles. The normalized spacial score (nSPS) is 12.0. The molecule has 7 heteroatoms. The first-order valence-corrected chi connectivity index (χ1v) is 8.53. The van der Waals surface area contributed by atoms with Crippen LogP contribution < -0.4 is 5.32 Å². The third-order valence-electron chi connectivity index (χ3n) is 3.48. The van der Waals surface area contributed by atoms with E-state index in [1.807, 2.05) is 31.2 Å². The highest BCUT2D eigenvalue weighted by Crippen LogP contribution is 2.27. The lowest BCUT2D eigenvalue weighted by Crippen LogP contribution is -2.22. The van der Waals surface area contributed by atoms with E-state index < -0.39 is 11.1 Å². The summed E-state index contributed by atoms with van der Waals surface area (Å²) in [6, 6.07) is 13.7. The zero-order valence-electron chi connectivity index (χ0n) is 13.7. The number of carbonyl (C=O) groups excluding carboxylic acids is 1. The Morgan fingerprint density at radius 3 is 2.60 bits per heavy atom. The van der Waals surface area contributed by atoms with Crippen molar-refractivity contribution in [3.63, 3.8) is 0 Å². The van der Waals surface area contributed by atoms with E-state index >= 15 is 0 Å². The van der Waals surface area contributed by atoms with Gasteiger partial charge in [0.05, 0.1) is 10.9 Å². The van der Waals surface area contributed by atoms with E-state index in [9.17, 15) is 9.18 Å². The summed E-state index contributed by atoms with van der Waals surface area (Å²) >= 11 is 1.12. The minimum Gasteiger partial charge on any atom is -0.411 e. The molecule has 128 valence electrons. The minimum absolute atomic E-state index is 0.144. The maximum Gasteiger partial charge on any atom is 0.277 e. The number of hydrogen-bond acceptors (Lipinski definition) is 5. The highest BCUT2D eigenvalue weighted by atomic mass is 32.2. The minimum atomic E-state index is -0.522. The Hall–Kier alpha value is -2.67. The van der Waals surface area contributed by atoms with Crippen LogP contribution in [0.1, 0.15) is 12.5 Å². The molecule has 1 aromatic heterocycles. The molecule has 0 bridgehead atoms. The Bertz CT molecular complexity index is 880. The number of rotatable bonds is 5. The summed E-state index contributed by atoms with van der Waals surface area (Å²) in [6.07, 6.45) is 0. The molecular weight excluding hydrogens is 341 g/mol. The highest BCUT2D eigenvalue weighted by molar-refractivity contribution is 8.00. The van der Waals surface area contributed by atoms with Crippen molar-refractivity contribution >= 4 is 23.4 Å². The quantitative estimate of drug-likeness (QED) is 0.690. The second kappa shape index (κ2) is 7.48. The topological polar surface area (TPSA) is 68.0 Å². The molecule has 2 aromatic carbocycles. The molecule has 0 saturated carbocycles. The highest BCUT2D eigenvalue weighted by Gasteiger charge is 2.19. The van der Waals surface area contributed by atoms with Crippen molar-refractivity contribution in [2.45, 2.75) is 24.3 Å². The fraction of sp³-hybridized carbons (Fsp3) is 0.167. The van der Waals surface area contributed by atoms with Crippen LogP contribution in [0, 0.1) is 12.7 Å². The number of amides is 1. The standard InChI is InChI=1S/C18H16FN3O2S/c1-11-7-9-13(10-8-11)17-21-22-18(24-17)25-12(2)16(23)20-15-6-4-3-5-14(15)19/h3-10,12H,1-2H3,(H,20,23)/t12-/m1/s1. The second-order valence-corrected chi connectivity index (χ2v) is 6.76. The largest absolute Gasteiger partial charge is 0.411 e. The SMILES string of the molecule is Cc1ccc(-c2nnc(S[C@H](C)C(=O)Nc3ccccc3F)o2)cc1. The van der Waals surface area contributed by atoms with Gasteiger partial charge in [0.1, 0.15) is 5.82 Å². The van der Waals surface area contributed by atoms with Crippen LogP contribution in [-0.2, 0) is 4.79 Å². The van der Waals surface area contributed by atoms with Crippen molar-refractivity contribution in [1.82, 2.24) is 10.2 Å². The smallest absolute Gasteiger partial charge is 0.277 e. The van der Waals surface area contributed by atoms with Crippen LogP contribution in [0.4, 0.5) is 10.1 Å². The predicted molar refractivity (Wildman–Crippen MR) is 94.8 cm³/mol. The number of thioether (sulfide) groups is 1. The first-order valence-electron chi connectivity index (χ1n) is 7.65. The van der Waals surface area contributed by atoms with Crippen molar-refractivity contribution in [2.75, 3.05) is 5.32 Å². The van der Waals surface area contributed by atoms with Gasteiger partial charge in [-0.25, -0.2) is 4.39 Å². The lowest BCUT2D eigenvalue weighted by molar-refractivity contribution is -0.115. The third kappa shape index (κ3) is 4.24. The number of hydrogen-bond donors (Lipinski definition) is 1. The fourth-order valence-corrected chi connectivity index (χ4v) is 2.76. The van der Waals surface area contributed by atoms with Crippen LogP contribution >= 0.6 is 11.8 Å². The number of aryl methyl sites for hydroxylation is 1. The average Bonchev–Trinajstić information content (AvgIpc) is 3.06. The number of nitrogens with zero attached hydrogens (tertiary/aromatic N) is 2. The molecule has 0 aliphatic rings. The zero-order valence-corrected chi connectivity index (χ0v) is 14.5. The number of carbonyl (C=O) groups is 1. The van der Waals surface area contributed by atoms with Gasteiger partial charge in [0.15, 0.2) is 0 Å². The third-order valence-corrected chi connectivity index (χ3v) is 4.42. The van der Waals surface area contributed by atoms with Gasteiger partial charge in [-0.1, -0.05) is 41.6 Å². The van der Waals surface area contributed by atoms with E-state index in [1.54, 1.807) is 19.1 Å². The number of anilines is 1. The zero-order chi connectivity index (χ0) is 17.8. The summed E-state index contributed by atoms with van der Waals surface area (Å²) in [5.74, 6) is -0.429. The van der Waals surface area contributed by atoms with Crippen LogP contribution in [0.15, 0.2) is 58.2 Å². The average molecular weight is 357 g/mol. The van der Waals surface area contributed by atoms with Crippen LogP contribution in [0.25, 0.3) is 11.5 Å². The Balaban J connectivity index is 1.65. The lowest BCUT2D eigenvalue weighted by Gasteiger charge is -2.10. The molecule has 0 radical (unpaired) electrons. The molecule has 0 spiro atoms. The molecule has 0 saturated heterocycles. The second-order valence-electron chi connectivity index (χ2n) is 5.47. The van der Waals surface area contributed by atoms with Gasteiger partial charge in [-0.3, -0.25) is 4.79 Å². The summed E-state index contributed by atoms with van der Waals surface area (Å²) in [5, 5.41) is 10.3. The number of aromatic nitrogens is 2. The monoisotopic (exact) mass is 357 g/mol. The predicted octanol–water partition coefficient (Wildman–Crippen LogP) is 4.30. The van der Waals surface area contributed by atoms with Gasteiger partial charge >= 0.3 is 0 Å². The van der Waals surface area contributed by atoms with Crippen LogP contribution in [0.5, 0.6) is 0 Å². The van der Waals surface area contributed by atoms with E-state index in [0.29, 0.717) is 5.89 Å². The van der Waals surface area contributed by atoms with E-state index in [0.717, 1.165) is 22.9 Å². The molecule has 1 atom stereocenters. The Morgan fingerprint density at radius 1 is 1.16 bits per heavy atom. The first-order chi connectivity index (χ1) is 12.0. The van der Waals surface area contributed by atoms with Gasteiger partial charge in [-0.15, -0.1) is 10.2 Å². The maximum atomic E-state index is 13.6. The van der Waals surface area contributed by atoms with E-state index in [1.165, 1.54) is 12.1 Å². The van der Waals surface area contributed by atoms with E-state index in [2.05, 4.69) is 15.5 Å². The van der Waals surface area contributed by atoms with Gasteiger partial charge in [0.25, 0.3) is 5.22 Å². The number of halogens is 1. The van der Waals surface area contributed by atoms with Crippen molar-refractivity contribution in [3.8, 4) is 11.5 Å². The van der Waals surface area contributed by atoms with Gasteiger partial charge in [-0.05, 0) is 38.1 Å². The number of nitrogens with one attached hydrogen (secondary N) is 1. The number of para-hydroxylation sites is 1. The molecule has 3 aromatic rings. The summed E-state index contributed by atoms with van der Waals surface area (Å²) in [6.45, 7) is 3.69. The molecule has 0 fully saturated rings. The summed E-state index contributed by atoms with van der Waals surface area (Å²) in [7, 11) is 0. The fourth-order valence-electron chi connectivity index (χ4n) is 2.07. The van der Waals surface area contributed by atoms with E-state index in [-0.39, 0.29) is 16.8 Å². The molecule has 25 heavy (non-hydrogen) atoms. The molecule has 0 unspecified atom stereocenters. The van der Waals surface area contributed by atoms with Gasteiger partial charge in [0.2, 0.25) is 11.8 Å². The Kier molecular flexibility index (Phi) is 5.14. The van der Waals surface area contributed by atoms with E-state index in [4.69, 9.17) is 4.42 Å². The Morgan fingerprint density at radius 2 is 1.88 bits per heavy atom. The lowest BCUT2D eigenvalue weighted by atomic mass is 10.1. The maximum absolute atomic E-state index is 13.6. The summed E-state index contributed by atoms with van der Waals surface area (Å²) in [5.41, 5.74) is 2.09. The number of benzene rings is 2. The van der Waals surface area contributed by atoms with Gasteiger partial charge in [-0.2, -0.15) is 0 Å². The van der Waals surface area contributed by atoms with Crippen molar-refractivity contribution in [3.05, 3.63) is 59.9 Å². The molecule has 5 nitrogen and oxygen atoms in total. The van der Waals surface area contributed by atoms with Crippen LogP contribution in [-0.4, -0.2) is 21.4 Å². The molecule has 0 aliphatic heterocycles. The molecular formula is C18H16FN3O2S. The molecule has 3 rings (SSSR count). The summed E-state index contributed by atoms with van der Waals surface area (Å²) < 4.78 is 19.2. The van der Waals surface area contributed by atoms with Crippen molar-refractivity contribution < 1.29 is 13.6 Å². The summed E-state index contributed by atoms with van der Waals surface area (Å²) in [4.78, 5) is 12.2. The van der Waals surface area contributed by atoms with Crippen LogP contribution in [0.2, 0.25) is 0 Å².